The fourth-order valence-corrected chi connectivity index (χ4v) is 6.51. The number of aromatic nitrogens is 1. The minimum absolute atomic E-state index is 0.0977. The maximum Gasteiger partial charge on any atom is 0.315 e. The van der Waals surface area contributed by atoms with Gasteiger partial charge in [0.2, 0.25) is 11.8 Å². The van der Waals surface area contributed by atoms with Crippen LogP contribution in [0.5, 0.6) is 0 Å². The van der Waals surface area contributed by atoms with Gasteiger partial charge in [0.1, 0.15) is 6.04 Å². The van der Waals surface area contributed by atoms with E-state index in [2.05, 4.69) is 27.8 Å². The highest BCUT2D eigenvalue weighted by Crippen LogP contribution is 2.52. The molecule has 1 aliphatic heterocycles. The molecular weight excluding hydrogens is 516 g/mol. The molecule has 1 aromatic heterocycles. The Morgan fingerprint density at radius 2 is 1.78 bits per heavy atom. The Morgan fingerprint density at radius 3 is 2.49 bits per heavy atom. The lowest BCUT2D eigenvalue weighted by molar-refractivity contribution is -0.135. The number of carbonyl (C=O) groups is 3. The van der Waals surface area contributed by atoms with Crippen LogP contribution in [0.3, 0.4) is 0 Å². The van der Waals surface area contributed by atoms with Crippen LogP contribution in [0.25, 0.3) is 10.9 Å². The zero-order chi connectivity index (χ0) is 29.4. The number of aromatic amines is 1. The first-order valence-electron chi connectivity index (χ1n) is 14.4. The molecule has 1 spiro atoms. The van der Waals surface area contributed by atoms with Gasteiger partial charge in [-0.25, -0.2) is 4.79 Å². The predicted octanol–water partition coefficient (Wildman–Crippen LogP) is 3.25. The number of nitrogens with two attached hydrogens (primary N) is 1. The van der Waals surface area contributed by atoms with E-state index in [4.69, 9.17) is 5.73 Å². The maximum atomic E-state index is 14.0. The molecule has 9 heteroatoms. The molecule has 2 heterocycles. The molecule has 5 rings (SSSR count). The van der Waals surface area contributed by atoms with Crippen LogP contribution < -0.4 is 16.4 Å². The second kappa shape index (κ2) is 11.2. The molecule has 218 valence electrons. The number of hydrogen-bond acceptors (Lipinski definition) is 4. The third-order valence-electron chi connectivity index (χ3n) is 8.68. The molecular formula is C32H42N6O3. The zero-order valence-corrected chi connectivity index (χ0v) is 24.5. The van der Waals surface area contributed by atoms with Gasteiger partial charge < -0.3 is 31.2 Å². The van der Waals surface area contributed by atoms with E-state index in [0.717, 1.165) is 41.3 Å². The van der Waals surface area contributed by atoms with Crippen molar-refractivity contribution in [3.05, 3.63) is 71.4 Å². The van der Waals surface area contributed by atoms with E-state index in [1.807, 2.05) is 75.4 Å². The minimum atomic E-state index is -0.733. The second-order valence-corrected chi connectivity index (χ2v) is 12.6. The number of carbonyl (C=O) groups excluding carboxylic acids is 3. The van der Waals surface area contributed by atoms with E-state index >= 15 is 0 Å². The summed E-state index contributed by atoms with van der Waals surface area (Å²) in [5, 5.41) is 6.79. The topological polar surface area (TPSA) is 124 Å². The van der Waals surface area contributed by atoms with Gasteiger partial charge in [0.05, 0.1) is 5.92 Å². The van der Waals surface area contributed by atoms with Crippen LogP contribution in [0.4, 0.5) is 4.79 Å². The molecule has 1 aliphatic carbocycles. The monoisotopic (exact) mass is 558 g/mol. The van der Waals surface area contributed by atoms with Crippen molar-refractivity contribution in [1.82, 2.24) is 25.4 Å². The van der Waals surface area contributed by atoms with E-state index in [1.54, 1.807) is 4.90 Å². The van der Waals surface area contributed by atoms with Gasteiger partial charge in [-0.15, -0.1) is 0 Å². The third-order valence-corrected chi connectivity index (χ3v) is 8.68. The molecule has 0 saturated carbocycles. The number of likely N-dealkylation sites (N-methyl/N-ethyl adjacent to an activating group) is 1. The van der Waals surface area contributed by atoms with Crippen LogP contribution in [-0.4, -0.2) is 77.9 Å². The quantitative estimate of drug-likeness (QED) is 0.355. The fourth-order valence-electron chi connectivity index (χ4n) is 6.51. The summed E-state index contributed by atoms with van der Waals surface area (Å²) in [7, 11) is 3.62. The third kappa shape index (κ3) is 5.95. The summed E-state index contributed by atoms with van der Waals surface area (Å²) >= 11 is 0. The molecule has 5 N–H and O–H groups in total. The van der Waals surface area contributed by atoms with Crippen molar-refractivity contribution < 1.29 is 14.4 Å². The van der Waals surface area contributed by atoms with Crippen LogP contribution in [0.2, 0.25) is 0 Å². The SMILES string of the molecule is CN(C)C(=O)[C@@H]1CC2(CCN(C(=O)[C@@H](Cc3c[nH]c4ccccc34)NC(=O)NCC(C)(C)N)CC2)c2ccccc21. The van der Waals surface area contributed by atoms with Crippen molar-refractivity contribution in [3.63, 3.8) is 0 Å². The Labute approximate surface area is 241 Å². The number of rotatable bonds is 7. The normalized spacial score (nSPS) is 18.7. The molecule has 41 heavy (non-hydrogen) atoms. The number of H-pyrrole nitrogens is 1. The van der Waals surface area contributed by atoms with E-state index in [-0.39, 0.29) is 29.7 Å². The predicted molar refractivity (Wildman–Crippen MR) is 161 cm³/mol. The smallest absolute Gasteiger partial charge is 0.315 e. The van der Waals surface area contributed by atoms with Gasteiger partial charge in [-0.3, -0.25) is 9.59 Å². The lowest BCUT2D eigenvalue weighted by Crippen LogP contribution is -2.56. The summed E-state index contributed by atoms with van der Waals surface area (Å²) < 4.78 is 0. The Balaban J connectivity index is 1.33. The van der Waals surface area contributed by atoms with Crippen molar-refractivity contribution >= 4 is 28.7 Å². The Hall–Kier alpha value is -3.85. The van der Waals surface area contributed by atoms with Gasteiger partial charge in [-0.1, -0.05) is 42.5 Å². The molecule has 0 radical (unpaired) electrons. The van der Waals surface area contributed by atoms with Gasteiger partial charge in [-0.05, 0) is 55.9 Å². The van der Waals surface area contributed by atoms with Gasteiger partial charge in [0.25, 0.3) is 0 Å². The summed E-state index contributed by atoms with van der Waals surface area (Å²) in [5.41, 5.74) is 9.67. The summed E-state index contributed by atoms with van der Waals surface area (Å²) in [6.07, 6.45) is 4.60. The number of urea groups is 1. The van der Waals surface area contributed by atoms with Gasteiger partial charge in [-0.2, -0.15) is 0 Å². The average Bonchev–Trinajstić information content (AvgIpc) is 3.50. The first-order valence-corrected chi connectivity index (χ1v) is 14.4. The van der Waals surface area contributed by atoms with E-state index in [0.29, 0.717) is 19.5 Å². The number of para-hydroxylation sites is 1. The molecule has 2 atom stereocenters. The number of nitrogens with one attached hydrogen (secondary N) is 3. The van der Waals surface area contributed by atoms with E-state index in [9.17, 15) is 14.4 Å². The van der Waals surface area contributed by atoms with Crippen LogP contribution in [0.15, 0.2) is 54.7 Å². The molecule has 0 bridgehead atoms. The summed E-state index contributed by atoms with van der Waals surface area (Å²) in [5.74, 6) is -0.128. The molecule has 3 aromatic rings. The largest absolute Gasteiger partial charge is 0.361 e. The summed E-state index contributed by atoms with van der Waals surface area (Å²) in [6, 6.07) is 15.1. The fraction of sp³-hybridized carbons (Fsp3) is 0.469. The van der Waals surface area contributed by atoms with Gasteiger partial charge in [0.15, 0.2) is 0 Å². The van der Waals surface area contributed by atoms with Crippen LogP contribution in [0, 0.1) is 0 Å². The minimum Gasteiger partial charge on any atom is -0.361 e. The average molecular weight is 559 g/mol. The molecule has 0 unspecified atom stereocenters. The van der Waals surface area contributed by atoms with Crippen LogP contribution in [0.1, 0.15) is 55.7 Å². The standard InChI is InChI=1S/C32H42N6O3/c1-31(2,33)20-35-30(41)36-27(17-21-19-34-26-12-8-6-9-22(21)26)29(40)38-15-13-32(14-16-38)18-24(28(39)37(3)4)23-10-5-7-11-25(23)32/h5-12,19,24,27,34H,13-18,20,33H2,1-4H3,(H2,35,36,41)/t24-,27-/m1/s1. The van der Waals surface area contributed by atoms with E-state index < -0.39 is 17.6 Å². The number of piperidine rings is 1. The molecule has 1 saturated heterocycles. The number of amides is 4. The van der Waals surface area contributed by atoms with Crippen molar-refractivity contribution in [2.24, 2.45) is 5.73 Å². The van der Waals surface area contributed by atoms with Gasteiger partial charge in [0, 0.05) is 68.2 Å². The van der Waals surface area contributed by atoms with Crippen molar-refractivity contribution in [3.8, 4) is 0 Å². The highest BCUT2D eigenvalue weighted by atomic mass is 16.2. The summed E-state index contributed by atoms with van der Waals surface area (Å²) in [6.45, 7) is 5.09. The highest BCUT2D eigenvalue weighted by Gasteiger charge is 2.48. The Bertz CT molecular complexity index is 1430. The maximum absolute atomic E-state index is 14.0. The molecule has 2 aliphatic rings. The lowest BCUT2D eigenvalue weighted by atomic mass is 9.73. The van der Waals surface area contributed by atoms with Crippen molar-refractivity contribution in [2.75, 3.05) is 33.7 Å². The summed E-state index contributed by atoms with van der Waals surface area (Å²) in [4.78, 5) is 46.8. The molecule has 9 nitrogen and oxygen atoms in total. The van der Waals surface area contributed by atoms with Crippen molar-refractivity contribution in [2.45, 2.75) is 62.4 Å². The van der Waals surface area contributed by atoms with E-state index in [1.165, 1.54) is 5.56 Å². The number of hydrogen-bond donors (Lipinski definition) is 4. The molecule has 1 fully saturated rings. The highest BCUT2D eigenvalue weighted by molar-refractivity contribution is 5.89. The number of fused-ring (bicyclic) bond motifs is 3. The Morgan fingerprint density at radius 1 is 1.10 bits per heavy atom. The Kier molecular flexibility index (Phi) is 7.83. The second-order valence-electron chi connectivity index (χ2n) is 12.6. The molecule has 4 amide bonds. The van der Waals surface area contributed by atoms with Crippen LogP contribution >= 0.6 is 0 Å². The number of nitrogens with zero attached hydrogens (tertiary/aromatic N) is 2. The van der Waals surface area contributed by atoms with Crippen LogP contribution in [-0.2, 0) is 21.4 Å². The number of likely N-dealkylation sites (tertiary alicyclic amines) is 1. The first kappa shape index (κ1) is 28.7. The number of benzene rings is 2. The lowest BCUT2D eigenvalue weighted by Gasteiger charge is -2.41. The molecule has 2 aromatic carbocycles. The van der Waals surface area contributed by atoms with Gasteiger partial charge >= 0.3 is 6.03 Å². The first-order chi connectivity index (χ1) is 19.5. The van der Waals surface area contributed by atoms with Crippen molar-refractivity contribution in [1.29, 1.82) is 0 Å². The zero-order valence-electron chi connectivity index (χ0n) is 24.5.